The molecule has 0 heterocycles. The highest BCUT2D eigenvalue weighted by Crippen LogP contribution is 2.34. The van der Waals surface area contributed by atoms with Crippen LogP contribution in [0.25, 0.3) is 10.8 Å². The van der Waals surface area contributed by atoms with Crippen LogP contribution in [0.5, 0.6) is 5.75 Å². The molecule has 3 nitrogen and oxygen atoms in total. The van der Waals surface area contributed by atoms with Gasteiger partial charge in [-0.2, -0.15) is 10.2 Å². The Kier molecular flexibility index (Phi) is 2.14. The molecule has 2 aromatic rings. The number of hydrogen-bond acceptors (Lipinski definition) is 3. The standard InChI is InChI=1S/C11H10N2O/c1-12-13-11-9-5-3-2-4-8(9)6-7-10(11)14/h2-7,14H,1H3/b13-12-. The third kappa shape index (κ3) is 1.33. The molecule has 0 aliphatic heterocycles. The predicted molar refractivity (Wildman–Crippen MR) is 56.1 cm³/mol. The smallest absolute Gasteiger partial charge is 0.143 e. The number of benzene rings is 2. The number of phenolic OH excluding ortho intramolecular Hbond substituents is 1. The number of azo groups is 1. The molecule has 0 aromatic heterocycles. The van der Waals surface area contributed by atoms with E-state index in [2.05, 4.69) is 10.2 Å². The van der Waals surface area contributed by atoms with Crippen molar-refractivity contribution in [3.63, 3.8) is 0 Å². The van der Waals surface area contributed by atoms with Crippen LogP contribution in [0.15, 0.2) is 46.6 Å². The lowest BCUT2D eigenvalue weighted by Crippen LogP contribution is -1.74. The zero-order chi connectivity index (χ0) is 9.97. The van der Waals surface area contributed by atoms with Crippen LogP contribution in [0.3, 0.4) is 0 Å². The van der Waals surface area contributed by atoms with E-state index >= 15 is 0 Å². The Labute approximate surface area is 81.7 Å². The first-order chi connectivity index (χ1) is 6.83. The van der Waals surface area contributed by atoms with Gasteiger partial charge >= 0.3 is 0 Å². The topological polar surface area (TPSA) is 45.0 Å². The van der Waals surface area contributed by atoms with Gasteiger partial charge in [0.25, 0.3) is 0 Å². The Morgan fingerprint density at radius 2 is 1.86 bits per heavy atom. The Hall–Kier alpha value is -1.90. The van der Waals surface area contributed by atoms with Crippen LogP contribution in [0.1, 0.15) is 0 Å². The van der Waals surface area contributed by atoms with Gasteiger partial charge < -0.3 is 5.11 Å². The van der Waals surface area contributed by atoms with Crippen molar-refractivity contribution < 1.29 is 5.11 Å². The minimum atomic E-state index is 0.161. The number of rotatable bonds is 1. The van der Waals surface area contributed by atoms with Gasteiger partial charge in [-0.15, -0.1) is 0 Å². The molecule has 0 aliphatic rings. The summed E-state index contributed by atoms with van der Waals surface area (Å²) in [5.41, 5.74) is 0.533. The first-order valence-electron chi connectivity index (χ1n) is 4.33. The molecule has 0 unspecified atom stereocenters. The van der Waals surface area contributed by atoms with E-state index in [9.17, 15) is 5.11 Å². The summed E-state index contributed by atoms with van der Waals surface area (Å²) < 4.78 is 0. The van der Waals surface area contributed by atoms with Gasteiger partial charge in [-0.25, -0.2) is 0 Å². The number of fused-ring (bicyclic) bond motifs is 1. The van der Waals surface area contributed by atoms with E-state index in [1.165, 1.54) is 0 Å². The molecule has 0 saturated heterocycles. The Balaban J connectivity index is 2.82. The van der Waals surface area contributed by atoms with Crippen molar-refractivity contribution in [2.75, 3.05) is 7.05 Å². The monoisotopic (exact) mass is 186 g/mol. The summed E-state index contributed by atoms with van der Waals surface area (Å²) in [6.07, 6.45) is 0. The summed E-state index contributed by atoms with van der Waals surface area (Å²) >= 11 is 0. The molecule has 0 amide bonds. The largest absolute Gasteiger partial charge is 0.506 e. The molecular formula is C11H10N2O. The van der Waals surface area contributed by atoms with Crippen molar-refractivity contribution in [2.45, 2.75) is 0 Å². The molecule has 0 fully saturated rings. The second-order valence-electron chi connectivity index (χ2n) is 2.95. The van der Waals surface area contributed by atoms with Crippen LogP contribution in [0.4, 0.5) is 5.69 Å². The quantitative estimate of drug-likeness (QED) is 0.682. The average Bonchev–Trinajstić information content (AvgIpc) is 2.23. The third-order valence-electron chi connectivity index (χ3n) is 2.08. The summed E-state index contributed by atoms with van der Waals surface area (Å²) in [5, 5.41) is 19.1. The van der Waals surface area contributed by atoms with Crippen LogP contribution in [0, 0.1) is 0 Å². The molecule has 70 valence electrons. The number of hydrogen-bond donors (Lipinski definition) is 1. The van der Waals surface area contributed by atoms with Crippen molar-refractivity contribution in [1.82, 2.24) is 0 Å². The van der Waals surface area contributed by atoms with Gasteiger partial charge in [-0.05, 0) is 11.5 Å². The fraction of sp³-hybridized carbons (Fsp3) is 0.0909. The molecule has 0 spiro atoms. The van der Waals surface area contributed by atoms with E-state index in [1.807, 2.05) is 30.3 Å². The molecule has 2 aromatic carbocycles. The van der Waals surface area contributed by atoms with Crippen LogP contribution >= 0.6 is 0 Å². The van der Waals surface area contributed by atoms with Gasteiger partial charge in [0.05, 0.1) is 0 Å². The predicted octanol–water partition coefficient (Wildman–Crippen LogP) is 3.26. The van der Waals surface area contributed by atoms with Crippen LogP contribution in [0.2, 0.25) is 0 Å². The fourth-order valence-corrected chi connectivity index (χ4v) is 1.45. The summed E-state index contributed by atoms with van der Waals surface area (Å²) in [5.74, 6) is 0.161. The lowest BCUT2D eigenvalue weighted by atomic mass is 10.1. The molecule has 0 bridgehead atoms. The highest BCUT2D eigenvalue weighted by atomic mass is 16.3. The zero-order valence-corrected chi connectivity index (χ0v) is 7.81. The SMILES string of the molecule is C/N=N\c1c(O)ccc2ccccc12. The molecule has 3 heteroatoms. The van der Waals surface area contributed by atoms with Crippen molar-refractivity contribution in [1.29, 1.82) is 0 Å². The first kappa shape index (κ1) is 8.69. The number of phenols is 1. The van der Waals surface area contributed by atoms with E-state index in [4.69, 9.17) is 0 Å². The summed E-state index contributed by atoms with van der Waals surface area (Å²) in [6.45, 7) is 0. The van der Waals surface area contributed by atoms with Gasteiger partial charge in [-0.3, -0.25) is 0 Å². The minimum absolute atomic E-state index is 0.161. The molecule has 0 atom stereocenters. The highest BCUT2D eigenvalue weighted by Gasteiger charge is 2.04. The van der Waals surface area contributed by atoms with Gasteiger partial charge in [0.15, 0.2) is 0 Å². The second kappa shape index (κ2) is 3.46. The molecule has 0 saturated carbocycles. The van der Waals surface area contributed by atoms with E-state index < -0.39 is 0 Å². The van der Waals surface area contributed by atoms with E-state index in [0.717, 1.165) is 10.8 Å². The molecule has 0 radical (unpaired) electrons. The summed E-state index contributed by atoms with van der Waals surface area (Å²) in [6, 6.07) is 11.2. The molecular weight excluding hydrogens is 176 g/mol. The van der Waals surface area contributed by atoms with E-state index in [-0.39, 0.29) is 5.75 Å². The molecule has 0 aliphatic carbocycles. The minimum Gasteiger partial charge on any atom is -0.506 e. The Bertz CT molecular complexity index is 492. The van der Waals surface area contributed by atoms with E-state index in [0.29, 0.717) is 5.69 Å². The Morgan fingerprint density at radius 1 is 1.07 bits per heavy atom. The van der Waals surface area contributed by atoms with Crippen molar-refractivity contribution >= 4 is 16.5 Å². The van der Waals surface area contributed by atoms with Gasteiger partial charge in [0, 0.05) is 12.4 Å². The lowest BCUT2D eigenvalue weighted by Gasteiger charge is -2.02. The first-order valence-corrected chi connectivity index (χ1v) is 4.33. The maximum absolute atomic E-state index is 9.59. The molecule has 2 rings (SSSR count). The lowest BCUT2D eigenvalue weighted by molar-refractivity contribution is 0.477. The second-order valence-corrected chi connectivity index (χ2v) is 2.95. The van der Waals surface area contributed by atoms with Gasteiger partial charge in [-0.1, -0.05) is 30.3 Å². The summed E-state index contributed by atoms with van der Waals surface area (Å²) in [4.78, 5) is 0. The maximum Gasteiger partial charge on any atom is 0.143 e. The number of nitrogens with zero attached hydrogens (tertiary/aromatic N) is 2. The zero-order valence-electron chi connectivity index (χ0n) is 7.81. The normalized spacial score (nSPS) is 11.2. The molecule has 1 N–H and O–H groups in total. The highest BCUT2D eigenvalue weighted by molar-refractivity contribution is 5.95. The Morgan fingerprint density at radius 3 is 2.64 bits per heavy atom. The third-order valence-corrected chi connectivity index (χ3v) is 2.08. The van der Waals surface area contributed by atoms with Crippen LogP contribution in [-0.4, -0.2) is 12.2 Å². The van der Waals surface area contributed by atoms with Crippen LogP contribution in [-0.2, 0) is 0 Å². The molecule has 14 heavy (non-hydrogen) atoms. The van der Waals surface area contributed by atoms with Crippen LogP contribution < -0.4 is 0 Å². The average molecular weight is 186 g/mol. The summed E-state index contributed by atoms with van der Waals surface area (Å²) in [7, 11) is 1.58. The van der Waals surface area contributed by atoms with Crippen molar-refractivity contribution in [2.24, 2.45) is 10.2 Å². The van der Waals surface area contributed by atoms with Gasteiger partial charge in [0.2, 0.25) is 0 Å². The van der Waals surface area contributed by atoms with Crippen molar-refractivity contribution in [3.8, 4) is 5.75 Å². The fourth-order valence-electron chi connectivity index (χ4n) is 1.45. The maximum atomic E-state index is 9.59. The van der Waals surface area contributed by atoms with Crippen molar-refractivity contribution in [3.05, 3.63) is 36.4 Å². The van der Waals surface area contributed by atoms with Gasteiger partial charge in [0.1, 0.15) is 11.4 Å². The van der Waals surface area contributed by atoms with E-state index in [1.54, 1.807) is 13.1 Å². The number of aromatic hydroxyl groups is 1.